The summed E-state index contributed by atoms with van der Waals surface area (Å²) in [5.41, 5.74) is 0.417. The molecule has 0 saturated carbocycles. The molecule has 25 heavy (non-hydrogen) atoms. The van der Waals surface area contributed by atoms with Crippen LogP contribution in [0.5, 0.6) is 5.75 Å². The number of halogens is 4. The van der Waals surface area contributed by atoms with Crippen molar-refractivity contribution in [2.24, 2.45) is 0 Å². The Bertz CT molecular complexity index is 949. The van der Waals surface area contributed by atoms with Crippen LogP contribution in [0.3, 0.4) is 0 Å². The van der Waals surface area contributed by atoms with Crippen LogP contribution >= 0.6 is 11.6 Å². The Hall–Kier alpha value is -3.12. The van der Waals surface area contributed by atoms with Gasteiger partial charge in [-0.05, 0) is 30.3 Å². The van der Waals surface area contributed by atoms with E-state index in [4.69, 9.17) is 22.7 Å². The minimum Gasteiger partial charge on any atom is -0.407 e. The Morgan fingerprint density at radius 3 is 2.64 bits per heavy atom. The van der Waals surface area contributed by atoms with Gasteiger partial charge in [0.1, 0.15) is 11.4 Å². The fourth-order valence-electron chi connectivity index (χ4n) is 1.92. The van der Waals surface area contributed by atoms with E-state index in [1.807, 2.05) is 0 Å². The number of rotatable bonds is 3. The number of alkyl halides is 3. The molecule has 0 amide bonds. The minimum atomic E-state index is -4.88. The molecule has 0 N–H and O–H groups in total. The van der Waals surface area contributed by atoms with Crippen LogP contribution in [0.4, 0.5) is 18.9 Å². The highest BCUT2D eigenvalue weighted by atomic mass is 35.5. The number of aromatic nitrogens is 3. The molecule has 1 aromatic carbocycles. The second kappa shape index (κ2) is 6.41. The molecule has 0 aliphatic rings. The van der Waals surface area contributed by atoms with Crippen molar-refractivity contribution in [3.05, 3.63) is 53.0 Å². The second-order valence-electron chi connectivity index (χ2n) is 4.66. The van der Waals surface area contributed by atoms with Gasteiger partial charge in [-0.3, -0.25) is 0 Å². The lowest BCUT2D eigenvalue weighted by molar-refractivity contribution is -0.274. The fraction of sp³-hybridized carbons (Fsp3) is 0.0667. The Morgan fingerprint density at radius 1 is 1.20 bits per heavy atom. The SMILES string of the molecule is [C-]#[N+]c1cc(OC(F)(F)F)cc(-c2noc(-c3ccc(Cl)cn3)n2)c1. The van der Waals surface area contributed by atoms with Gasteiger partial charge in [-0.15, -0.1) is 13.2 Å². The zero-order valence-corrected chi connectivity index (χ0v) is 12.8. The van der Waals surface area contributed by atoms with Crippen molar-refractivity contribution < 1.29 is 22.4 Å². The molecule has 3 rings (SSSR count). The van der Waals surface area contributed by atoms with Gasteiger partial charge < -0.3 is 9.26 Å². The molecule has 0 aliphatic carbocycles. The highest BCUT2D eigenvalue weighted by Gasteiger charge is 2.31. The number of ether oxygens (including phenoxy) is 1. The predicted molar refractivity (Wildman–Crippen MR) is 80.9 cm³/mol. The molecule has 0 saturated heterocycles. The molecule has 3 aromatic rings. The summed E-state index contributed by atoms with van der Waals surface area (Å²) in [5, 5.41) is 4.12. The zero-order valence-electron chi connectivity index (χ0n) is 12.1. The number of benzene rings is 1. The third-order valence-corrected chi connectivity index (χ3v) is 3.11. The monoisotopic (exact) mass is 366 g/mol. The maximum absolute atomic E-state index is 12.4. The average molecular weight is 367 g/mol. The standard InChI is InChI=1S/C15H6ClF3N4O2/c1-20-10-4-8(5-11(6-10)24-15(17,18)19)13-22-14(25-23-13)12-3-2-9(16)7-21-12/h2-7H. The van der Waals surface area contributed by atoms with E-state index in [2.05, 4.69) is 24.7 Å². The molecule has 2 heterocycles. The van der Waals surface area contributed by atoms with Gasteiger partial charge in [0.2, 0.25) is 5.82 Å². The maximum Gasteiger partial charge on any atom is 0.573 e. The van der Waals surface area contributed by atoms with Gasteiger partial charge in [0.05, 0.1) is 11.6 Å². The van der Waals surface area contributed by atoms with Crippen molar-refractivity contribution in [2.75, 3.05) is 0 Å². The topological polar surface area (TPSA) is 65.4 Å². The summed E-state index contributed by atoms with van der Waals surface area (Å²) in [5.74, 6) is -0.505. The molecule has 0 bridgehead atoms. The number of pyridine rings is 1. The smallest absolute Gasteiger partial charge is 0.407 e. The maximum atomic E-state index is 12.4. The van der Waals surface area contributed by atoms with Crippen molar-refractivity contribution in [1.82, 2.24) is 15.1 Å². The molecule has 0 aliphatic heterocycles. The van der Waals surface area contributed by atoms with Crippen molar-refractivity contribution >= 4 is 17.3 Å². The zero-order chi connectivity index (χ0) is 18.0. The van der Waals surface area contributed by atoms with Crippen LogP contribution in [0, 0.1) is 6.57 Å². The number of hydrogen-bond acceptors (Lipinski definition) is 5. The molecular weight excluding hydrogens is 361 g/mol. The number of nitrogens with zero attached hydrogens (tertiary/aromatic N) is 4. The Labute approximate surface area is 143 Å². The third-order valence-electron chi connectivity index (χ3n) is 2.88. The summed E-state index contributed by atoms with van der Waals surface area (Å²) in [6, 6.07) is 6.47. The van der Waals surface area contributed by atoms with E-state index in [-0.39, 0.29) is 23.0 Å². The van der Waals surface area contributed by atoms with Gasteiger partial charge in [0, 0.05) is 11.8 Å². The first-order chi connectivity index (χ1) is 11.8. The molecule has 0 radical (unpaired) electrons. The van der Waals surface area contributed by atoms with Gasteiger partial charge in [-0.1, -0.05) is 16.8 Å². The van der Waals surface area contributed by atoms with Crippen LogP contribution in [0.2, 0.25) is 5.02 Å². The van der Waals surface area contributed by atoms with Crippen molar-refractivity contribution in [3.8, 4) is 28.7 Å². The van der Waals surface area contributed by atoms with Crippen molar-refractivity contribution in [3.63, 3.8) is 0 Å². The first-order valence-corrected chi connectivity index (χ1v) is 6.96. The molecule has 0 unspecified atom stereocenters. The second-order valence-corrected chi connectivity index (χ2v) is 5.10. The first kappa shape index (κ1) is 16.7. The van der Waals surface area contributed by atoms with E-state index in [0.29, 0.717) is 10.7 Å². The highest BCUT2D eigenvalue weighted by molar-refractivity contribution is 6.30. The molecule has 0 atom stereocenters. The molecule has 6 nitrogen and oxygen atoms in total. The lowest BCUT2D eigenvalue weighted by Crippen LogP contribution is -2.17. The van der Waals surface area contributed by atoms with Gasteiger partial charge in [-0.2, -0.15) is 4.98 Å². The Balaban J connectivity index is 1.98. The number of hydrogen-bond donors (Lipinski definition) is 0. The first-order valence-electron chi connectivity index (χ1n) is 6.58. The van der Waals surface area contributed by atoms with Crippen LogP contribution in [0.25, 0.3) is 27.8 Å². The van der Waals surface area contributed by atoms with E-state index in [1.165, 1.54) is 12.3 Å². The van der Waals surface area contributed by atoms with Crippen LogP contribution in [-0.2, 0) is 0 Å². The molecule has 10 heteroatoms. The van der Waals surface area contributed by atoms with Crippen molar-refractivity contribution in [2.45, 2.75) is 6.36 Å². The summed E-state index contributed by atoms with van der Waals surface area (Å²) in [7, 11) is 0. The lowest BCUT2D eigenvalue weighted by Gasteiger charge is -2.09. The molecular formula is C15H6ClF3N4O2. The molecule has 0 fully saturated rings. The Morgan fingerprint density at radius 2 is 2.00 bits per heavy atom. The van der Waals surface area contributed by atoms with Gasteiger partial charge in [0.15, 0.2) is 5.69 Å². The summed E-state index contributed by atoms with van der Waals surface area (Å²) >= 11 is 5.74. The summed E-state index contributed by atoms with van der Waals surface area (Å²) < 4.78 is 46.1. The molecule has 126 valence electrons. The average Bonchev–Trinajstić information content (AvgIpc) is 3.03. The van der Waals surface area contributed by atoms with E-state index in [0.717, 1.165) is 12.1 Å². The largest absolute Gasteiger partial charge is 0.573 e. The van der Waals surface area contributed by atoms with Gasteiger partial charge >= 0.3 is 6.36 Å². The van der Waals surface area contributed by atoms with Crippen molar-refractivity contribution in [1.29, 1.82) is 0 Å². The summed E-state index contributed by atoms with van der Waals surface area (Å²) in [4.78, 5) is 11.2. The Kier molecular flexibility index (Phi) is 4.29. The van der Waals surface area contributed by atoms with Gasteiger partial charge in [0.25, 0.3) is 5.89 Å². The van der Waals surface area contributed by atoms with Gasteiger partial charge in [-0.25, -0.2) is 9.83 Å². The third kappa shape index (κ3) is 4.05. The molecule has 0 spiro atoms. The molecule has 2 aromatic heterocycles. The highest BCUT2D eigenvalue weighted by Crippen LogP contribution is 2.32. The fourth-order valence-corrected chi connectivity index (χ4v) is 2.03. The van der Waals surface area contributed by atoms with E-state index >= 15 is 0 Å². The summed E-state index contributed by atoms with van der Waals surface area (Å²) in [6.07, 6.45) is -3.50. The quantitative estimate of drug-likeness (QED) is 0.617. The van der Waals surface area contributed by atoms with Crippen LogP contribution in [0.15, 0.2) is 41.1 Å². The van der Waals surface area contributed by atoms with Crippen LogP contribution < -0.4 is 4.74 Å². The van der Waals surface area contributed by atoms with E-state index in [9.17, 15) is 13.2 Å². The normalized spacial score (nSPS) is 11.2. The lowest BCUT2D eigenvalue weighted by atomic mass is 10.2. The van der Waals surface area contributed by atoms with E-state index in [1.54, 1.807) is 12.1 Å². The van der Waals surface area contributed by atoms with Crippen LogP contribution in [-0.4, -0.2) is 21.5 Å². The van der Waals surface area contributed by atoms with E-state index < -0.39 is 12.1 Å². The van der Waals surface area contributed by atoms with Crippen LogP contribution in [0.1, 0.15) is 0 Å². The summed E-state index contributed by atoms with van der Waals surface area (Å²) in [6.45, 7) is 6.99. The minimum absolute atomic E-state index is 0.00993. The predicted octanol–water partition coefficient (Wildman–Crippen LogP) is 4.90.